The van der Waals surface area contributed by atoms with Gasteiger partial charge in [0, 0.05) is 19.4 Å². The third-order valence-electron chi connectivity index (χ3n) is 26.7. The summed E-state index contributed by atoms with van der Waals surface area (Å²) >= 11 is 0. The number of esters is 4. The molecule has 3 aliphatic heterocycles. The first-order chi connectivity index (χ1) is 67.9. The molecule has 0 saturated carbocycles. The molecule has 21 atom stereocenters. The highest BCUT2D eigenvalue weighted by molar-refractivity contribution is 7.61. The van der Waals surface area contributed by atoms with Crippen LogP contribution in [0.4, 0.5) is 0 Å². The molecule has 0 aliphatic carbocycles. The summed E-state index contributed by atoms with van der Waals surface area (Å²) < 4.78 is 119. The molecule has 38 heteroatoms. The van der Waals surface area contributed by atoms with E-state index in [-0.39, 0.29) is 45.1 Å². The Balaban J connectivity index is 2.41. The van der Waals surface area contributed by atoms with E-state index in [4.69, 9.17) is 71.8 Å². The van der Waals surface area contributed by atoms with Gasteiger partial charge in [-0.1, -0.05) is 388 Å². The Morgan fingerprint density at radius 2 is 0.709 bits per heavy atom. The smallest absolute Gasteiger partial charge is 0.462 e. The van der Waals surface area contributed by atoms with Crippen molar-refractivity contribution in [1.29, 1.82) is 0 Å². The highest BCUT2D eigenvalue weighted by Crippen LogP contribution is 2.61. The van der Waals surface area contributed by atoms with Crippen molar-refractivity contribution in [1.82, 2.24) is 10.6 Å². The second kappa shape index (κ2) is 82.5. The van der Waals surface area contributed by atoms with Crippen molar-refractivity contribution in [2.24, 2.45) is 11.5 Å². The summed E-state index contributed by atoms with van der Waals surface area (Å²) in [6.07, 6.45) is 25.4. The molecule has 3 heterocycles. The zero-order valence-corrected chi connectivity index (χ0v) is 90.2. The van der Waals surface area contributed by atoms with Crippen LogP contribution in [0, 0.1) is 0 Å². The van der Waals surface area contributed by atoms with Crippen molar-refractivity contribution in [3.05, 3.63) is 0 Å². The van der Waals surface area contributed by atoms with Gasteiger partial charge < -0.3 is 105 Å². The van der Waals surface area contributed by atoms with Crippen LogP contribution in [0.15, 0.2) is 0 Å². The number of hydrogen-bond acceptors (Lipinski definition) is 30. The summed E-state index contributed by atoms with van der Waals surface area (Å²) in [7, 11) is -17.6. The number of nitrogens with one attached hydrogen (secondary N) is 2. The average molecular weight is 2080 g/mol. The summed E-state index contributed by atoms with van der Waals surface area (Å²) in [5.74, 6) is -5.54. The molecule has 2 amide bonds. The number of phosphoric acid groups is 3. The Bertz CT molecular complexity index is 3310. The van der Waals surface area contributed by atoms with Crippen molar-refractivity contribution in [2.75, 3.05) is 33.0 Å². The number of aliphatic hydroxyl groups excluding tert-OH is 6. The van der Waals surface area contributed by atoms with E-state index >= 15 is 9.59 Å². The fourth-order valence-electron chi connectivity index (χ4n) is 18.3. The number of ether oxygens (including phenoxy) is 8. The fourth-order valence-corrected chi connectivity index (χ4v) is 21.6. The fraction of sp³-hybridized carbons (Fsp3) is 0.942. The number of phosphoric ester groups is 3. The molecule has 3 fully saturated rings. The second-order valence-corrected chi connectivity index (χ2v) is 44.2. The number of nitrogens with two attached hydrogens (primary N) is 2. The lowest BCUT2D eigenvalue weighted by Gasteiger charge is -2.47. The number of hydrogen-bond donors (Lipinski definition) is 13. The minimum atomic E-state index is -6.10. The number of amides is 2. The van der Waals surface area contributed by atoms with E-state index in [1.165, 1.54) is 38.5 Å². The second-order valence-electron chi connectivity index (χ2n) is 39.8. The molecule has 3 aliphatic rings. The maximum atomic E-state index is 15.6. The lowest BCUT2D eigenvalue weighted by Crippen LogP contribution is -2.68. The highest BCUT2D eigenvalue weighted by atomic mass is 31.3. The van der Waals surface area contributed by atoms with Crippen LogP contribution in [0.3, 0.4) is 0 Å². The standard InChI is InChI=1S/C103H197N4O31P3/c1-7-13-19-25-31-37-39-45-51-57-63-69-89(113)129-82(67-61-55-49-43-35-29-23-17-11-5)75-88(112)107-94-100(134-92(116)76-83(68-62-56-50-44-36-30-24-18-12-6)130-90(114)70-64-58-52-46-40-38-32-26-20-14-8-2)98(135-140(122,123)137-103-97(119)95(117)84(105)78-126-103)85(77-108)131-101(94)127-79-86-96(118)99(133-91(115)74-81(110)66-60-54-48-42-34-28-22-16-10-4)93(102(132-86)136-141(124,125)138-139(120,121)128-72-71-104)106-87(111)73-80(109)65-59-53-47-41-33-27-21-15-9-3/h80-86,93-103,108-110,117-119H,7-79,104-105H2,1-6H3,(H,106,111)(H,107,112)(H,120,121)(H,122,123)(H,124,125)/t80-,81-,82-,83-,84-,85?,86?,93?,94?,95-,96?,97?,98?,99?,100?,101?,102?,103+/m0/s1. The largest absolute Gasteiger partial charge is 0.483 e. The summed E-state index contributed by atoms with van der Waals surface area (Å²) in [6, 6.07) is -5.44. The molecule has 0 radical (unpaired) electrons. The van der Waals surface area contributed by atoms with Gasteiger partial charge in [0.25, 0.3) is 0 Å². The van der Waals surface area contributed by atoms with E-state index in [1.807, 2.05) is 0 Å². The third-order valence-corrected chi connectivity index (χ3v) is 30.3. The maximum absolute atomic E-state index is 15.6. The molecule has 0 aromatic carbocycles. The topological polar surface area (TPSA) is 532 Å². The summed E-state index contributed by atoms with van der Waals surface area (Å²) in [4.78, 5) is 123. The Labute approximate surface area is 846 Å². The quantitative estimate of drug-likeness (QED) is 0.0116. The van der Waals surface area contributed by atoms with Crippen molar-refractivity contribution in [3.8, 4) is 0 Å². The van der Waals surface area contributed by atoms with E-state index in [0.717, 1.165) is 283 Å². The van der Waals surface area contributed by atoms with Crippen molar-refractivity contribution >= 4 is 59.2 Å². The minimum absolute atomic E-state index is 0.0173. The predicted octanol–water partition coefficient (Wildman–Crippen LogP) is 19.9. The molecule has 15 N–H and O–H groups in total. The Morgan fingerprint density at radius 1 is 0.369 bits per heavy atom. The van der Waals surface area contributed by atoms with Gasteiger partial charge in [-0.05, 0) is 51.4 Å². The van der Waals surface area contributed by atoms with Gasteiger partial charge in [0.2, 0.25) is 11.8 Å². The Kier molecular flexibility index (Phi) is 77.1. The van der Waals surface area contributed by atoms with Crippen molar-refractivity contribution in [2.45, 2.75) is 588 Å². The minimum Gasteiger partial charge on any atom is -0.462 e. The summed E-state index contributed by atoms with van der Waals surface area (Å²) in [5.41, 5.74) is 11.5. The molecule has 141 heavy (non-hydrogen) atoms. The van der Waals surface area contributed by atoms with E-state index in [9.17, 15) is 78.2 Å². The lowest BCUT2D eigenvalue weighted by molar-refractivity contribution is -0.297. The van der Waals surface area contributed by atoms with Gasteiger partial charge >= 0.3 is 47.3 Å². The summed E-state index contributed by atoms with van der Waals surface area (Å²) in [5, 5.41) is 74.8. The molecule has 0 bridgehead atoms. The predicted molar refractivity (Wildman–Crippen MR) is 542 cm³/mol. The van der Waals surface area contributed by atoms with Gasteiger partial charge in [-0.25, -0.2) is 13.7 Å². The molecule has 3 rings (SSSR count). The van der Waals surface area contributed by atoms with Crippen LogP contribution >= 0.6 is 23.5 Å². The SMILES string of the molecule is CCCCCCCCCCCCCC(=O)O[C@@H](CCCCCCCCCCC)CC(=O)NC1C(OCC2OC(OP(=O)(O)OP(=O)(O)OCCN)C(NC(=O)C[C@@H](O)CCCCCCCCCCC)C(OC(=O)C[C@@H](O)CCCCCCCCCCC)C2O)OC(CO)C(OP(=O)(O)O[C@H]2OC[C@H](N)[C@H](O)C2O)C1OC(=O)C[C@H](CCCCCCCCCCC)OC(=O)CCCCCCCCCCCCC. The zero-order valence-electron chi connectivity index (χ0n) is 87.5. The van der Waals surface area contributed by atoms with Crippen LogP contribution in [0.5, 0.6) is 0 Å². The van der Waals surface area contributed by atoms with Crippen LogP contribution in [-0.2, 0) is 103 Å². The Hall–Kier alpha value is -3.29. The Morgan fingerprint density at radius 3 is 1.11 bits per heavy atom. The van der Waals surface area contributed by atoms with Crippen LogP contribution in [-0.4, -0.2) is 224 Å². The highest BCUT2D eigenvalue weighted by Gasteiger charge is 2.57. The van der Waals surface area contributed by atoms with Crippen molar-refractivity contribution < 1.29 is 148 Å². The lowest BCUT2D eigenvalue weighted by atomic mass is 9.95. The van der Waals surface area contributed by atoms with Gasteiger partial charge in [0.05, 0.1) is 70.4 Å². The van der Waals surface area contributed by atoms with Crippen molar-refractivity contribution in [3.63, 3.8) is 0 Å². The number of carbonyl (C=O) groups is 6. The monoisotopic (exact) mass is 2080 g/mol. The van der Waals surface area contributed by atoms with E-state index in [2.05, 4.69) is 52.2 Å². The van der Waals surface area contributed by atoms with Gasteiger partial charge in [-0.15, -0.1) is 0 Å². The molecular formula is C103H197N4O31P3. The van der Waals surface area contributed by atoms with Gasteiger partial charge in [0.15, 0.2) is 31.1 Å². The number of aliphatic hydroxyl groups is 6. The number of unbranched alkanes of at least 4 members (excludes halogenated alkanes) is 52. The van der Waals surface area contributed by atoms with E-state index < -0.39 is 222 Å². The first kappa shape index (κ1) is 132. The molecule has 0 aromatic heterocycles. The molecule has 35 nitrogen and oxygen atoms in total. The summed E-state index contributed by atoms with van der Waals surface area (Å²) in [6.45, 7) is 8.96. The first-order valence-corrected chi connectivity index (χ1v) is 60.1. The normalized spacial score (nSPS) is 23.2. The zero-order chi connectivity index (χ0) is 104. The van der Waals surface area contributed by atoms with Crippen LogP contribution in [0.2, 0.25) is 0 Å². The molecule has 3 saturated heterocycles. The van der Waals surface area contributed by atoms with E-state index in [0.29, 0.717) is 51.4 Å². The molecular weight excluding hydrogens is 1880 g/mol. The average Bonchev–Trinajstić information content (AvgIpc) is 0.856. The first-order valence-electron chi connectivity index (χ1n) is 55.7. The van der Waals surface area contributed by atoms with Crippen LogP contribution in [0.25, 0.3) is 0 Å². The van der Waals surface area contributed by atoms with Crippen LogP contribution < -0.4 is 22.1 Å². The molecule has 0 spiro atoms. The van der Waals surface area contributed by atoms with Gasteiger partial charge in [0.1, 0.15) is 60.9 Å². The molecule has 830 valence electrons. The maximum Gasteiger partial charge on any atom is 0.483 e. The molecule has 14 unspecified atom stereocenters. The van der Waals surface area contributed by atoms with E-state index in [1.54, 1.807) is 0 Å². The van der Waals surface area contributed by atoms with Gasteiger partial charge in [-0.3, -0.25) is 46.9 Å². The number of carbonyl (C=O) groups excluding carboxylic acids is 6. The third kappa shape index (κ3) is 64.1. The molecule has 0 aromatic rings. The van der Waals surface area contributed by atoms with Crippen LogP contribution in [0.1, 0.15) is 478 Å². The number of rotatable bonds is 93. The van der Waals surface area contributed by atoms with Gasteiger partial charge in [-0.2, -0.15) is 4.31 Å².